The van der Waals surface area contributed by atoms with Crippen LogP contribution in [0.25, 0.3) is 50.3 Å². The van der Waals surface area contributed by atoms with E-state index in [4.69, 9.17) is 0 Å². The predicted molar refractivity (Wildman–Crippen MR) is 163 cm³/mol. The van der Waals surface area contributed by atoms with Gasteiger partial charge >= 0.3 is 0 Å². The lowest BCUT2D eigenvalue weighted by Gasteiger charge is -2.08. The second-order valence-corrected chi connectivity index (χ2v) is 9.85. The quantitative estimate of drug-likeness (QED) is 0.236. The maximum absolute atomic E-state index is 4.49. The Bertz CT molecular complexity index is 1820. The Labute approximate surface area is 233 Å². The summed E-state index contributed by atoms with van der Waals surface area (Å²) in [6, 6.07) is 33.8. The van der Waals surface area contributed by atoms with Crippen molar-refractivity contribution < 1.29 is 0 Å². The highest BCUT2D eigenvalue weighted by molar-refractivity contribution is 6.09. The minimum atomic E-state index is 0.523. The van der Waals surface area contributed by atoms with Crippen molar-refractivity contribution in [2.24, 2.45) is 0 Å². The summed E-state index contributed by atoms with van der Waals surface area (Å²) in [5.74, 6) is 1.05. The maximum Gasteiger partial charge on any atom is 0.197 e. The number of fused-ring (bicyclic) bond motifs is 3. The van der Waals surface area contributed by atoms with Crippen LogP contribution in [0.1, 0.15) is 16.7 Å². The van der Waals surface area contributed by atoms with Crippen LogP contribution < -0.4 is 0 Å². The number of aromatic nitrogens is 5. The molecule has 0 aliphatic rings. The Kier molecular flexibility index (Phi) is 6.86. The highest BCUT2D eigenvalue weighted by Crippen LogP contribution is 2.31. The van der Waals surface area contributed by atoms with Gasteiger partial charge in [-0.3, -0.25) is 0 Å². The van der Waals surface area contributed by atoms with Crippen LogP contribution >= 0.6 is 0 Å². The van der Waals surface area contributed by atoms with Crippen LogP contribution in [-0.4, -0.2) is 24.5 Å². The lowest BCUT2D eigenvalue weighted by molar-refractivity contribution is 1.03. The van der Waals surface area contributed by atoms with Crippen molar-refractivity contribution >= 4 is 21.8 Å². The summed E-state index contributed by atoms with van der Waals surface area (Å²) in [4.78, 5) is 17.6. The molecule has 0 aliphatic heterocycles. The van der Waals surface area contributed by atoms with E-state index in [-0.39, 0.29) is 0 Å². The van der Waals surface area contributed by atoms with Crippen LogP contribution in [0, 0.1) is 20.8 Å². The summed E-state index contributed by atoms with van der Waals surface area (Å²) in [7, 11) is 0. The highest BCUT2D eigenvalue weighted by atomic mass is 15.0. The molecule has 7 rings (SSSR count). The second-order valence-electron chi connectivity index (χ2n) is 9.85. The third-order valence-electron chi connectivity index (χ3n) is 7.04. The molecule has 0 fully saturated rings. The van der Waals surface area contributed by atoms with E-state index < -0.39 is 0 Å². The molecule has 0 saturated carbocycles. The van der Waals surface area contributed by atoms with E-state index in [2.05, 4.69) is 123 Å². The highest BCUT2D eigenvalue weighted by Gasteiger charge is 2.12. The molecule has 5 heteroatoms. The lowest BCUT2D eigenvalue weighted by Crippen LogP contribution is -1.99. The third-order valence-corrected chi connectivity index (χ3v) is 7.04. The Hall–Kier alpha value is -5.16. The molecule has 3 heterocycles. The number of hydrogen-bond donors (Lipinski definition) is 0. The topological polar surface area (TPSA) is 56.5 Å². The molecule has 4 aromatic carbocycles. The normalized spacial score (nSPS) is 10.9. The number of aryl methyl sites for hydroxylation is 3. The average Bonchev–Trinajstić information content (AvgIpc) is 3.33. The minimum absolute atomic E-state index is 0.523. The lowest BCUT2D eigenvalue weighted by atomic mass is 9.97. The van der Waals surface area contributed by atoms with Crippen molar-refractivity contribution in [1.29, 1.82) is 0 Å². The molecule has 0 bridgehead atoms. The van der Waals surface area contributed by atoms with Crippen molar-refractivity contribution in [3.8, 4) is 28.5 Å². The minimum Gasteiger partial charge on any atom is -0.306 e. The molecule has 40 heavy (non-hydrogen) atoms. The zero-order chi connectivity index (χ0) is 27.5. The smallest absolute Gasteiger partial charge is 0.197 e. The van der Waals surface area contributed by atoms with Crippen LogP contribution in [0.3, 0.4) is 0 Å². The van der Waals surface area contributed by atoms with Crippen LogP contribution in [0.5, 0.6) is 0 Å². The standard InChI is InChI=1S/C21H15N5.C14H14/c1-14-10-22-20(23-11-14)21-24-12-15(13-25-21)26-18-8-4-2-6-16(18)17-7-3-5-9-19(17)26;1-11-7-3-5-9-13(11)14-10-6-4-8-12(14)2/h2-13H,1H3;3-10H,1-2H3. The zero-order valence-electron chi connectivity index (χ0n) is 22.8. The van der Waals surface area contributed by atoms with Crippen molar-refractivity contribution in [2.75, 3.05) is 0 Å². The SMILES string of the molecule is Cc1ccccc1-c1ccccc1C.Cc1cnc(-c2ncc(-n3c4ccccc4c4ccccc43)cn2)nc1. The molecule has 0 aliphatic carbocycles. The molecule has 0 atom stereocenters. The first-order chi connectivity index (χ1) is 19.6. The molecule has 0 saturated heterocycles. The fourth-order valence-corrected chi connectivity index (χ4v) is 5.01. The van der Waals surface area contributed by atoms with Gasteiger partial charge in [0.2, 0.25) is 0 Å². The maximum atomic E-state index is 4.49. The summed E-state index contributed by atoms with van der Waals surface area (Å²) in [5.41, 5.74) is 9.54. The Morgan fingerprint density at radius 2 is 0.850 bits per heavy atom. The van der Waals surface area contributed by atoms with E-state index in [1.165, 1.54) is 33.0 Å². The van der Waals surface area contributed by atoms with Crippen LogP contribution in [0.15, 0.2) is 122 Å². The number of nitrogens with zero attached hydrogens (tertiary/aromatic N) is 5. The van der Waals surface area contributed by atoms with Gasteiger partial charge in [0.05, 0.1) is 29.1 Å². The van der Waals surface area contributed by atoms with Gasteiger partial charge in [-0.15, -0.1) is 0 Å². The Balaban J connectivity index is 0.000000175. The monoisotopic (exact) mass is 519 g/mol. The molecular formula is C35H29N5. The van der Waals surface area contributed by atoms with Gasteiger partial charge in [-0.1, -0.05) is 84.9 Å². The molecule has 0 amide bonds. The fourth-order valence-electron chi connectivity index (χ4n) is 5.01. The summed E-state index contributed by atoms with van der Waals surface area (Å²) in [6.45, 7) is 6.26. The van der Waals surface area contributed by atoms with Gasteiger partial charge in [0, 0.05) is 23.2 Å². The largest absolute Gasteiger partial charge is 0.306 e. The number of rotatable bonds is 3. The van der Waals surface area contributed by atoms with E-state index in [0.29, 0.717) is 11.6 Å². The molecule has 0 spiro atoms. The van der Waals surface area contributed by atoms with Crippen LogP contribution in [-0.2, 0) is 0 Å². The van der Waals surface area contributed by atoms with Crippen molar-refractivity contribution in [2.45, 2.75) is 20.8 Å². The molecule has 0 N–H and O–H groups in total. The number of para-hydroxylation sites is 2. The van der Waals surface area contributed by atoms with Crippen molar-refractivity contribution in [3.63, 3.8) is 0 Å². The summed E-state index contributed by atoms with van der Waals surface area (Å²) in [5, 5.41) is 2.43. The van der Waals surface area contributed by atoms with Gasteiger partial charge in [-0.05, 0) is 60.7 Å². The molecule has 7 aromatic rings. The van der Waals surface area contributed by atoms with Gasteiger partial charge < -0.3 is 4.57 Å². The first-order valence-electron chi connectivity index (χ1n) is 13.3. The molecular weight excluding hydrogens is 490 g/mol. The van der Waals surface area contributed by atoms with Crippen LogP contribution in [0.4, 0.5) is 0 Å². The Morgan fingerprint density at radius 1 is 0.450 bits per heavy atom. The number of hydrogen-bond acceptors (Lipinski definition) is 4. The molecule has 3 aromatic heterocycles. The fraction of sp³-hybridized carbons (Fsp3) is 0.0857. The summed E-state index contributed by atoms with van der Waals surface area (Å²) < 4.78 is 2.18. The van der Waals surface area contributed by atoms with E-state index in [1.807, 2.05) is 31.5 Å². The first-order valence-corrected chi connectivity index (χ1v) is 13.3. The second kappa shape index (κ2) is 10.9. The molecule has 0 radical (unpaired) electrons. The first kappa shape index (κ1) is 25.1. The van der Waals surface area contributed by atoms with Crippen molar-refractivity contribution in [3.05, 3.63) is 139 Å². The molecule has 0 unspecified atom stereocenters. The van der Waals surface area contributed by atoms with Gasteiger partial charge in [0.15, 0.2) is 11.6 Å². The van der Waals surface area contributed by atoms with Gasteiger partial charge in [-0.25, -0.2) is 19.9 Å². The number of benzene rings is 4. The van der Waals surface area contributed by atoms with E-state index in [1.54, 1.807) is 12.4 Å². The average molecular weight is 520 g/mol. The third kappa shape index (κ3) is 4.85. The van der Waals surface area contributed by atoms with Crippen molar-refractivity contribution in [1.82, 2.24) is 24.5 Å². The predicted octanol–water partition coefficient (Wildman–Crippen LogP) is 8.31. The van der Waals surface area contributed by atoms with E-state index in [9.17, 15) is 0 Å². The summed E-state index contributed by atoms with van der Waals surface area (Å²) in [6.07, 6.45) is 7.19. The molecule has 5 nitrogen and oxygen atoms in total. The van der Waals surface area contributed by atoms with Crippen LogP contribution in [0.2, 0.25) is 0 Å². The molecule has 194 valence electrons. The van der Waals surface area contributed by atoms with Gasteiger partial charge in [0.25, 0.3) is 0 Å². The summed E-state index contributed by atoms with van der Waals surface area (Å²) >= 11 is 0. The van der Waals surface area contributed by atoms with E-state index in [0.717, 1.165) is 22.3 Å². The van der Waals surface area contributed by atoms with Gasteiger partial charge in [-0.2, -0.15) is 0 Å². The zero-order valence-corrected chi connectivity index (χ0v) is 22.8. The Morgan fingerprint density at radius 3 is 1.32 bits per heavy atom. The van der Waals surface area contributed by atoms with E-state index >= 15 is 0 Å². The van der Waals surface area contributed by atoms with Gasteiger partial charge in [0.1, 0.15) is 0 Å².